The third-order valence-corrected chi connectivity index (χ3v) is 13.4. The molecule has 0 bridgehead atoms. The van der Waals surface area contributed by atoms with Crippen LogP contribution in [0, 0.1) is 46.2 Å². The second kappa shape index (κ2) is 17.6. The summed E-state index contributed by atoms with van der Waals surface area (Å²) in [5, 5.41) is 0. The summed E-state index contributed by atoms with van der Waals surface area (Å²) in [6.07, 6.45) is 5.61. The molecule has 2 aliphatic rings. The standard InChI is InChI=1S/C58H45B2N7.Pt/c1-41-20-18-21-42(2)57(41)59-64(46-26-10-6-11-27-46)52-35-33-48(63-40-62(45-24-8-5-9-25-45)50-30-14-15-31-51(50)63)38-54(52)66(59)49-34-36-53-55(39-49)67(56-32-16-17-37-61-56)60(58-43(3)22-19-23-44(58)4)65(53)47-28-12-7-13-29-47;/h5-37H,1-4H3;/q-2;. The van der Waals surface area contributed by atoms with Crippen LogP contribution in [0.5, 0.6) is 0 Å². The monoisotopic (exact) mass is 1060 g/mol. The summed E-state index contributed by atoms with van der Waals surface area (Å²) in [7, 11) is 0. The van der Waals surface area contributed by atoms with E-state index in [2.05, 4.69) is 257 Å². The second-order valence-corrected chi connectivity index (χ2v) is 17.4. The van der Waals surface area contributed by atoms with E-state index < -0.39 is 0 Å². The molecule has 68 heavy (non-hydrogen) atoms. The molecule has 10 heteroatoms. The van der Waals surface area contributed by atoms with Crippen molar-refractivity contribution in [1.29, 1.82) is 0 Å². The van der Waals surface area contributed by atoms with E-state index in [9.17, 15) is 0 Å². The second-order valence-electron chi connectivity index (χ2n) is 17.4. The first kappa shape index (κ1) is 43.0. The average molecular weight is 1060 g/mol. The molecule has 2 aromatic heterocycles. The van der Waals surface area contributed by atoms with Crippen LogP contribution in [0.1, 0.15) is 22.3 Å². The molecule has 0 radical (unpaired) electrons. The maximum Gasteiger partial charge on any atom is 0.409 e. The van der Waals surface area contributed by atoms with Crippen LogP contribution in [0.15, 0.2) is 200 Å². The minimum Gasteiger partial charge on any atom is -0.415 e. The Labute approximate surface area is 413 Å². The van der Waals surface area contributed by atoms with Gasteiger partial charge >= 0.3 is 14.0 Å². The van der Waals surface area contributed by atoms with E-state index in [4.69, 9.17) is 4.98 Å². The first-order valence-electron chi connectivity index (χ1n) is 22.9. The van der Waals surface area contributed by atoms with E-state index in [0.717, 1.165) is 68.0 Å². The summed E-state index contributed by atoms with van der Waals surface area (Å²) >= 11 is 0. The van der Waals surface area contributed by atoms with Crippen molar-refractivity contribution < 1.29 is 25.6 Å². The van der Waals surface area contributed by atoms with Crippen LogP contribution in [0.4, 0.5) is 45.6 Å². The molecule has 0 fully saturated rings. The van der Waals surface area contributed by atoms with Crippen molar-refractivity contribution in [3.63, 3.8) is 0 Å². The third kappa shape index (κ3) is 7.03. The van der Waals surface area contributed by atoms with Gasteiger partial charge in [0.25, 0.3) is 6.33 Å². The first-order chi connectivity index (χ1) is 32.9. The summed E-state index contributed by atoms with van der Waals surface area (Å²) in [4.78, 5) is 14.8. The summed E-state index contributed by atoms with van der Waals surface area (Å²) in [6, 6.07) is 76.9. The Bertz CT molecular complexity index is 3420. The zero-order chi connectivity index (χ0) is 45.2. The molecule has 0 spiro atoms. The van der Waals surface area contributed by atoms with E-state index in [1.165, 1.54) is 33.2 Å². The number of nitrogens with zero attached hydrogens (tertiary/aromatic N) is 7. The Morgan fingerprint density at radius 2 is 0.926 bits per heavy atom. The SMILES string of the molecule is Cc1cccc(C)c1B1N(c2[c-]c3c(cc2)N(c2ccccc2)B(c2c(C)cccc2C)N3c2ccccn2)c2[c-]c(-n3[c-][n+](-c4ccccc4)c4ccccc43)ccc2N1c1ccccc1.[Pt]. The number of imidazole rings is 1. The molecular formula is C58H45B2N7Pt-2. The van der Waals surface area contributed by atoms with Gasteiger partial charge in [0.1, 0.15) is 5.82 Å². The molecule has 0 N–H and O–H groups in total. The number of anilines is 8. The van der Waals surface area contributed by atoms with Gasteiger partial charge in [-0.3, -0.25) is 4.57 Å². The zero-order valence-corrected chi connectivity index (χ0v) is 40.4. The van der Waals surface area contributed by atoms with Crippen LogP contribution in [-0.2, 0) is 21.1 Å². The van der Waals surface area contributed by atoms with Crippen LogP contribution in [0.25, 0.3) is 22.4 Å². The van der Waals surface area contributed by atoms with Gasteiger partial charge in [0.2, 0.25) is 0 Å². The molecule has 8 aromatic carbocycles. The number of para-hydroxylation sites is 5. The Morgan fingerprint density at radius 3 is 1.50 bits per heavy atom. The van der Waals surface area contributed by atoms with E-state index in [-0.39, 0.29) is 35.0 Å². The minimum atomic E-state index is -0.289. The van der Waals surface area contributed by atoms with Gasteiger partial charge in [-0.15, -0.1) is 18.2 Å². The third-order valence-electron chi connectivity index (χ3n) is 13.4. The van der Waals surface area contributed by atoms with Crippen LogP contribution in [-0.4, -0.2) is 23.5 Å². The predicted octanol–water partition coefficient (Wildman–Crippen LogP) is 11.3. The molecule has 330 valence electrons. The van der Waals surface area contributed by atoms with Crippen molar-refractivity contribution in [3.8, 4) is 11.4 Å². The molecule has 10 aromatic rings. The smallest absolute Gasteiger partial charge is 0.409 e. The number of benzene rings is 8. The topological polar surface area (TPSA) is 34.7 Å². The number of aryl methyl sites for hydroxylation is 4. The van der Waals surface area contributed by atoms with Crippen LogP contribution in [0.3, 0.4) is 0 Å². The van der Waals surface area contributed by atoms with Gasteiger partial charge in [0.15, 0.2) is 0 Å². The van der Waals surface area contributed by atoms with E-state index in [1.807, 2.05) is 18.3 Å². The number of fused-ring (bicyclic) bond motifs is 3. The van der Waals surface area contributed by atoms with Gasteiger partial charge in [-0.05, 0) is 92.8 Å². The van der Waals surface area contributed by atoms with Crippen molar-refractivity contribution in [1.82, 2.24) is 9.55 Å². The van der Waals surface area contributed by atoms with Crippen molar-refractivity contribution >= 4 is 81.6 Å². The van der Waals surface area contributed by atoms with Gasteiger partial charge in [-0.1, -0.05) is 172 Å². The van der Waals surface area contributed by atoms with E-state index >= 15 is 0 Å². The average Bonchev–Trinajstić information content (AvgIpc) is 4.03. The fourth-order valence-corrected chi connectivity index (χ4v) is 10.4. The molecule has 0 saturated carbocycles. The Hall–Kier alpha value is -7.60. The molecule has 0 aliphatic carbocycles. The van der Waals surface area contributed by atoms with Gasteiger partial charge in [-0.2, -0.15) is 18.2 Å². The van der Waals surface area contributed by atoms with Gasteiger partial charge < -0.3 is 23.8 Å². The number of pyridine rings is 1. The first-order valence-corrected chi connectivity index (χ1v) is 22.9. The van der Waals surface area contributed by atoms with Gasteiger partial charge in [0.05, 0.1) is 16.7 Å². The molecule has 0 unspecified atom stereocenters. The normalized spacial score (nSPS) is 13.0. The summed E-state index contributed by atoms with van der Waals surface area (Å²) < 4.78 is 4.28. The summed E-state index contributed by atoms with van der Waals surface area (Å²) in [5.74, 6) is 0.845. The molecular weight excluding hydrogens is 1010 g/mol. The van der Waals surface area contributed by atoms with Crippen LogP contribution in [0.2, 0.25) is 0 Å². The molecule has 0 atom stereocenters. The number of rotatable bonds is 8. The molecule has 0 amide bonds. The fraction of sp³-hybridized carbons (Fsp3) is 0.0690. The number of aromatic nitrogens is 3. The van der Waals surface area contributed by atoms with Crippen molar-refractivity contribution in [3.05, 3.63) is 241 Å². The molecule has 4 heterocycles. The minimum absolute atomic E-state index is 0. The molecule has 12 rings (SSSR count). The Morgan fingerprint density at radius 1 is 0.441 bits per heavy atom. The molecule has 0 saturated heterocycles. The van der Waals surface area contributed by atoms with Crippen LogP contribution < -0.4 is 34.7 Å². The maximum atomic E-state index is 5.06. The predicted molar refractivity (Wildman–Crippen MR) is 276 cm³/mol. The largest absolute Gasteiger partial charge is 0.415 e. The number of hydrogen-bond donors (Lipinski definition) is 0. The zero-order valence-electron chi connectivity index (χ0n) is 38.2. The molecule has 2 aliphatic heterocycles. The number of hydrogen-bond acceptors (Lipinski definition) is 5. The quantitative estimate of drug-likeness (QED) is 0.0861. The van der Waals surface area contributed by atoms with Gasteiger partial charge in [0, 0.05) is 38.6 Å². The maximum absolute atomic E-state index is 5.06. The van der Waals surface area contributed by atoms with Crippen molar-refractivity contribution in [2.75, 3.05) is 19.2 Å². The molecule has 7 nitrogen and oxygen atoms in total. The fourth-order valence-electron chi connectivity index (χ4n) is 10.4. The summed E-state index contributed by atoms with van der Waals surface area (Å²) in [6.45, 7) is 8.36. The Kier molecular flexibility index (Phi) is 11.1. The van der Waals surface area contributed by atoms with E-state index in [1.54, 1.807) is 0 Å². The van der Waals surface area contributed by atoms with Crippen LogP contribution >= 0.6 is 0 Å². The van der Waals surface area contributed by atoms with Crippen molar-refractivity contribution in [2.24, 2.45) is 0 Å². The Balaban J connectivity index is 0.00000507. The van der Waals surface area contributed by atoms with Crippen molar-refractivity contribution in [2.45, 2.75) is 27.7 Å². The van der Waals surface area contributed by atoms with Gasteiger partial charge in [-0.25, -0.2) is 4.98 Å². The summed E-state index contributed by atoms with van der Waals surface area (Å²) in [5.41, 5.74) is 18.4. The van der Waals surface area contributed by atoms with E-state index in [0.29, 0.717) is 0 Å².